The number of carbonyl (C=O) groups is 1. The second-order valence-electron chi connectivity index (χ2n) is 5.60. The molecule has 0 spiro atoms. The van der Waals surface area contributed by atoms with E-state index in [1.54, 1.807) is 18.2 Å². The Morgan fingerprint density at radius 1 is 1.40 bits per heavy atom. The number of hydrogen-bond acceptors (Lipinski definition) is 3. The lowest BCUT2D eigenvalue weighted by atomic mass is 9.75. The van der Waals surface area contributed by atoms with E-state index in [9.17, 15) is 4.79 Å². The molecule has 5 heteroatoms. The molecule has 0 saturated heterocycles. The fourth-order valence-electron chi connectivity index (χ4n) is 2.53. The number of nitrogens with one attached hydrogen (secondary N) is 1. The third kappa shape index (κ3) is 2.99. The summed E-state index contributed by atoms with van der Waals surface area (Å²) in [6.45, 7) is 0.677. The third-order valence-electron chi connectivity index (χ3n) is 4.22. The van der Waals surface area contributed by atoms with Gasteiger partial charge in [-0.15, -0.1) is 0 Å². The molecule has 0 atom stereocenters. The van der Waals surface area contributed by atoms with E-state index >= 15 is 0 Å². The van der Waals surface area contributed by atoms with Crippen molar-refractivity contribution in [2.45, 2.75) is 24.8 Å². The molecule has 0 heterocycles. The summed E-state index contributed by atoms with van der Waals surface area (Å²) in [5, 5.41) is 3.02. The number of thiocarbonyl (C=S) groups is 1. The summed E-state index contributed by atoms with van der Waals surface area (Å²) in [7, 11) is 4.14. The normalized spacial score (nSPS) is 16.6. The molecule has 1 aromatic rings. The molecule has 3 N–H and O–H groups in total. The SMILES string of the molecule is CN(C)C1(CNC(=O)c2cccc(C(N)=S)c2)CCC1. The van der Waals surface area contributed by atoms with Gasteiger partial charge in [0.05, 0.1) is 0 Å². The third-order valence-corrected chi connectivity index (χ3v) is 4.46. The maximum atomic E-state index is 12.2. The molecule has 108 valence electrons. The van der Waals surface area contributed by atoms with Gasteiger partial charge in [-0.1, -0.05) is 24.4 Å². The van der Waals surface area contributed by atoms with Crippen LogP contribution < -0.4 is 11.1 Å². The molecule has 0 radical (unpaired) electrons. The van der Waals surface area contributed by atoms with Gasteiger partial charge in [-0.3, -0.25) is 4.79 Å². The Balaban J connectivity index is 2.02. The molecule has 1 amide bonds. The number of hydrogen-bond donors (Lipinski definition) is 2. The number of benzene rings is 1. The number of amides is 1. The summed E-state index contributed by atoms with van der Waals surface area (Å²) >= 11 is 4.93. The van der Waals surface area contributed by atoms with E-state index < -0.39 is 0 Å². The summed E-state index contributed by atoms with van der Waals surface area (Å²) in [5.74, 6) is -0.0729. The van der Waals surface area contributed by atoms with Crippen LogP contribution in [0, 0.1) is 0 Å². The first-order chi connectivity index (χ1) is 9.44. The van der Waals surface area contributed by atoms with E-state index in [1.165, 1.54) is 6.42 Å². The van der Waals surface area contributed by atoms with Gasteiger partial charge < -0.3 is 16.0 Å². The molecule has 1 aliphatic rings. The van der Waals surface area contributed by atoms with Crippen LogP contribution in [-0.4, -0.2) is 42.0 Å². The molecule has 1 saturated carbocycles. The summed E-state index contributed by atoms with van der Waals surface area (Å²) in [6.07, 6.45) is 3.49. The standard InChI is InChI=1S/C15H21N3OS/c1-18(2)15(7-4-8-15)10-17-14(19)12-6-3-5-11(9-12)13(16)20/h3,5-6,9H,4,7-8,10H2,1-2H3,(H2,16,20)(H,17,19). The molecular formula is C15H21N3OS. The van der Waals surface area contributed by atoms with Crippen molar-refractivity contribution in [3.8, 4) is 0 Å². The van der Waals surface area contributed by atoms with Crippen LogP contribution >= 0.6 is 12.2 Å². The molecule has 1 aromatic carbocycles. The number of rotatable bonds is 5. The predicted octanol–water partition coefficient (Wildman–Crippen LogP) is 1.53. The number of nitrogens with zero attached hydrogens (tertiary/aromatic N) is 1. The average molecular weight is 291 g/mol. The van der Waals surface area contributed by atoms with E-state index in [2.05, 4.69) is 24.3 Å². The minimum absolute atomic E-state index is 0.0729. The highest BCUT2D eigenvalue weighted by molar-refractivity contribution is 7.80. The van der Waals surface area contributed by atoms with Crippen LogP contribution in [0.2, 0.25) is 0 Å². The number of carbonyl (C=O) groups excluding carboxylic acids is 1. The first kappa shape index (κ1) is 14.9. The Morgan fingerprint density at radius 3 is 2.55 bits per heavy atom. The van der Waals surface area contributed by atoms with Crippen molar-refractivity contribution in [2.24, 2.45) is 5.73 Å². The smallest absolute Gasteiger partial charge is 0.251 e. The molecule has 1 aliphatic carbocycles. The monoisotopic (exact) mass is 291 g/mol. The van der Waals surface area contributed by atoms with E-state index in [4.69, 9.17) is 18.0 Å². The summed E-state index contributed by atoms with van der Waals surface area (Å²) in [5.41, 5.74) is 7.03. The highest BCUT2D eigenvalue weighted by Gasteiger charge is 2.39. The lowest BCUT2D eigenvalue weighted by Gasteiger charge is -2.47. The van der Waals surface area contributed by atoms with Crippen LogP contribution in [0.1, 0.15) is 35.2 Å². The van der Waals surface area contributed by atoms with Gasteiger partial charge in [-0.05, 0) is 45.5 Å². The first-order valence-electron chi connectivity index (χ1n) is 6.80. The van der Waals surface area contributed by atoms with Crippen LogP contribution in [-0.2, 0) is 0 Å². The zero-order chi connectivity index (χ0) is 14.8. The van der Waals surface area contributed by atoms with E-state index in [0.717, 1.165) is 18.4 Å². The first-order valence-corrected chi connectivity index (χ1v) is 7.21. The Hall–Kier alpha value is -1.46. The minimum Gasteiger partial charge on any atom is -0.389 e. The highest BCUT2D eigenvalue weighted by Crippen LogP contribution is 2.35. The van der Waals surface area contributed by atoms with E-state index in [1.807, 2.05) is 6.07 Å². The molecule has 20 heavy (non-hydrogen) atoms. The Labute approximate surface area is 125 Å². The van der Waals surface area contributed by atoms with Gasteiger partial charge >= 0.3 is 0 Å². The summed E-state index contributed by atoms with van der Waals surface area (Å²) < 4.78 is 0. The minimum atomic E-state index is -0.0729. The Bertz CT molecular complexity index is 524. The van der Waals surface area contributed by atoms with Gasteiger partial charge in [-0.2, -0.15) is 0 Å². The van der Waals surface area contributed by atoms with Crippen LogP contribution in [0.4, 0.5) is 0 Å². The quantitative estimate of drug-likeness (QED) is 0.808. The van der Waals surface area contributed by atoms with Gasteiger partial charge in [0.25, 0.3) is 5.91 Å². The zero-order valence-corrected chi connectivity index (χ0v) is 12.8. The summed E-state index contributed by atoms with van der Waals surface area (Å²) in [4.78, 5) is 14.7. The fourth-order valence-corrected chi connectivity index (χ4v) is 2.65. The molecule has 0 bridgehead atoms. The van der Waals surface area contributed by atoms with Crippen LogP contribution in [0.3, 0.4) is 0 Å². The molecule has 0 unspecified atom stereocenters. The Kier molecular flexibility index (Phi) is 4.40. The maximum absolute atomic E-state index is 12.2. The predicted molar refractivity (Wildman–Crippen MR) is 84.9 cm³/mol. The van der Waals surface area contributed by atoms with Crippen molar-refractivity contribution in [2.75, 3.05) is 20.6 Å². The average Bonchev–Trinajstić information content (AvgIpc) is 2.37. The van der Waals surface area contributed by atoms with Crippen LogP contribution in [0.15, 0.2) is 24.3 Å². The molecule has 0 aromatic heterocycles. The van der Waals surface area contributed by atoms with Crippen molar-refractivity contribution in [1.29, 1.82) is 0 Å². The van der Waals surface area contributed by atoms with Gasteiger partial charge in [-0.25, -0.2) is 0 Å². The highest BCUT2D eigenvalue weighted by atomic mass is 32.1. The van der Waals surface area contributed by atoms with E-state index in [-0.39, 0.29) is 11.4 Å². The van der Waals surface area contributed by atoms with Crippen molar-refractivity contribution < 1.29 is 4.79 Å². The van der Waals surface area contributed by atoms with Crippen molar-refractivity contribution in [1.82, 2.24) is 10.2 Å². The van der Waals surface area contributed by atoms with Crippen molar-refractivity contribution >= 4 is 23.1 Å². The zero-order valence-electron chi connectivity index (χ0n) is 12.0. The lowest BCUT2D eigenvalue weighted by Crippen LogP contribution is -2.57. The lowest BCUT2D eigenvalue weighted by molar-refractivity contribution is 0.0557. The van der Waals surface area contributed by atoms with Gasteiger partial charge in [0.15, 0.2) is 0 Å². The van der Waals surface area contributed by atoms with Crippen LogP contribution in [0.5, 0.6) is 0 Å². The number of likely N-dealkylation sites (N-methyl/N-ethyl adjacent to an activating group) is 1. The summed E-state index contributed by atoms with van der Waals surface area (Å²) in [6, 6.07) is 7.13. The molecule has 2 rings (SSSR count). The van der Waals surface area contributed by atoms with Gasteiger partial charge in [0.1, 0.15) is 4.99 Å². The molecule has 1 fully saturated rings. The van der Waals surface area contributed by atoms with Crippen molar-refractivity contribution in [3.05, 3.63) is 35.4 Å². The fraction of sp³-hybridized carbons (Fsp3) is 0.467. The number of nitrogens with two attached hydrogens (primary N) is 1. The topological polar surface area (TPSA) is 58.4 Å². The van der Waals surface area contributed by atoms with Crippen molar-refractivity contribution in [3.63, 3.8) is 0 Å². The molecular weight excluding hydrogens is 270 g/mol. The second kappa shape index (κ2) is 5.89. The molecule has 4 nitrogen and oxygen atoms in total. The second-order valence-corrected chi connectivity index (χ2v) is 6.04. The Morgan fingerprint density at radius 2 is 2.05 bits per heavy atom. The largest absolute Gasteiger partial charge is 0.389 e. The van der Waals surface area contributed by atoms with Crippen LogP contribution in [0.25, 0.3) is 0 Å². The van der Waals surface area contributed by atoms with Gasteiger partial charge in [0.2, 0.25) is 0 Å². The maximum Gasteiger partial charge on any atom is 0.251 e. The molecule has 0 aliphatic heterocycles. The van der Waals surface area contributed by atoms with Gasteiger partial charge in [0, 0.05) is 23.2 Å². The van der Waals surface area contributed by atoms with E-state index in [0.29, 0.717) is 17.1 Å².